The maximum Gasteiger partial charge on any atom is 0.163 e. The largest absolute Gasteiger partial charge is 0.337 e. The summed E-state index contributed by atoms with van der Waals surface area (Å²) in [7, 11) is 0. The molecule has 0 unspecified atom stereocenters. The summed E-state index contributed by atoms with van der Waals surface area (Å²) < 4.78 is 27.3. The number of rotatable bonds is 3. The first kappa shape index (κ1) is 15.8. The number of halogens is 2. The lowest BCUT2D eigenvalue weighted by Crippen LogP contribution is -1.99. The molecule has 0 atom stereocenters. The van der Waals surface area contributed by atoms with E-state index in [1.165, 1.54) is 29.8 Å². The van der Waals surface area contributed by atoms with E-state index in [9.17, 15) is 8.78 Å². The van der Waals surface area contributed by atoms with E-state index in [0.29, 0.717) is 17.2 Å². The third-order valence-electron chi connectivity index (χ3n) is 4.32. The van der Waals surface area contributed by atoms with Crippen LogP contribution in [-0.2, 0) is 0 Å². The Bertz CT molecular complexity index is 1280. The van der Waals surface area contributed by atoms with E-state index in [1.54, 1.807) is 0 Å². The highest BCUT2D eigenvalue weighted by Gasteiger charge is 2.15. The van der Waals surface area contributed by atoms with E-state index in [1.807, 2.05) is 29.0 Å². The van der Waals surface area contributed by atoms with Crippen LogP contribution in [0.25, 0.3) is 33.1 Å². The van der Waals surface area contributed by atoms with Crippen LogP contribution in [-0.4, -0.2) is 20.2 Å². The van der Waals surface area contributed by atoms with Crippen LogP contribution < -0.4 is 5.32 Å². The number of benzene rings is 2. The topological polar surface area (TPSA) is 66.5 Å². The van der Waals surface area contributed by atoms with Gasteiger partial charge < -0.3 is 10.3 Å². The van der Waals surface area contributed by atoms with Crippen molar-refractivity contribution in [1.29, 1.82) is 0 Å². The molecule has 5 rings (SSSR count). The van der Waals surface area contributed by atoms with E-state index in [2.05, 4.69) is 20.5 Å². The zero-order chi connectivity index (χ0) is 18.4. The highest BCUT2D eigenvalue weighted by atomic mass is 32.1. The number of thiophene rings is 1. The van der Waals surface area contributed by atoms with Gasteiger partial charge in [-0.05, 0) is 23.6 Å². The van der Waals surface area contributed by atoms with Crippen LogP contribution in [0.2, 0.25) is 0 Å². The molecule has 0 saturated heterocycles. The average Bonchev–Trinajstić information content (AvgIpc) is 3.35. The van der Waals surface area contributed by atoms with Gasteiger partial charge in [0, 0.05) is 33.2 Å². The Labute approximate surface area is 155 Å². The van der Waals surface area contributed by atoms with Gasteiger partial charge in [-0.15, -0.1) is 10.2 Å². The van der Waals surface area contributed by atoms with Gasteiger partial charge in [0.25, 0.3) is 0 Å². The first-order chi connectivity index (χ1) is 13.2. The minimum Gasteiger partial charge on any atom is -0.337 e. The maximum absolute atomic E-state index is 14.1. The number of hydrogen-bond donors (Lipinski definition) is 2. The highest BCUT2D eigenvalue weighted by molar-refractivity contribution is 7.09. The molecule has 8 heteroatoms. The molecule has 27 heavy (non-hydrogen) atoms. The first-order valence-electron chi connectivity index (χ1n) is 8.08. The predicted octanol–water partition coefficient (Wildman–Crippen LogP) is 5.26. The van der Waals surface area contributed by atoms with Crippen molar-refractivity contribution in [1.82, 2.24) is 20.2 Å². The van der Waals surface area contributed by atoms with Gasteiger partial charge in [0.05, 0.1) is 11.2 Å². The maximum atomic E-state index is 14.1. The monoisotopic (exact) mass is 379 g/mol. The van der Waals surface area contributed by atoms with E-state index >= 15 is 0 Å². The minimum absolute atomic E-state index is 0.160. The number of aromatic nitrogens is 4. The summed E-state index contributed by atoms with van der Waals surface area (Å²) in [6.07, 6.45) is 1.50. The molecule has 0 spiro atoms. The quantitative estimate of drug-likeness (QED) is 0.449. The SMILES string of the molecule is Fc1ccc(Nc2nc3c(-c4nnc[nH]4)cccc3c3cscc23)c(F)c1. The number of H-pyrrole nitrogens is 1. The fourth-order valence-corrected chi connectivity index (χ4v) is 3.92. The van der Waals surface area contributed by atoms with E-state index in [-0.39, 0.29) is 5.69 Å². The molecular formula is C19H11F2N5S. The first-order valence-corrected chi connectivity index (χ1v) is 9.02. The Morgan fingerprint density at radius 1 is 1.00 bits per heavy atom. The average molecular weight is 379 g/mol. The second-order valence-corrected chi connectivity index (χ2v) is 6.69. The Morgan fingerprint density at radius 2 is 1.89 bits per heavy atom. The number of para-hydroxylation sites is 1. The number of fused-ring (bicyclic) bond motifs is 3. The Hall–Kier alpha value is -3.39. The van der Waals surface area contributed by atoms with Gasteiger partial charge in [0.2, 0.25) is 0 Å². The molecule has 3 aromatic heterocycles. The summed E-state index contributed by atoms with van der Waals surface area (Å²) in [6.45, 7) is 0. The van der Waals surface area contributed by atoms with Crippen molar-refractivity contribution in [3.8, 4) is 11.4 Å². The molecule has 5 aromatic rings. The van der Waals surface area contributed by atoms with Crippen LogP contribution in [0.5, 0.6) is 0 Å². The highest BCUT2D eigenvalue weighted by Crippen LogP contribution is 2.37. The number of pyridine rings is 1. The summed E-state index contributed by atoms with van der Waals surface area (Å²) in [5, 5.41) is 17.7. The number of nitrogens with one attached hydrogen (secondary N) is 2. The molecule has 0 saturated carbocycles. The van der Waals surface area contributed by atoms with Gasteiger partial charge >= 0.3 is 0 Å². The predicted molar refractivity (Wildman–Crippen MR) is 102 cm³/mol. The van der Waals surface area contributed by atoms with Gasteiger partial charge in [0.15, 0.2) is 5.82 Å². The molecule has 0 fully saturated rings. The zero-order valence-corrected chi connectivity index (χ0v) is 14.5. The molecule has 0 aliphatic rings. The van der Waals surface area contributed by atoms with Crippen molar-refractivity contribution in [2.45, 2.75) is 0 Å². The Kier molecular flexibility index (Phi) is 3.58. The summed E-state index contributed by atoms with van der Waals surface area (Å²) in [5.74, 6) is -0.209. The van der Waals surface area contributed by atoms with Gasteiger partial charge in [-0.3, -0.25) is 0 Å². The van der Waals surface area contributed by atoms with Crippen molar-refractivity contribution >= 4 is 44.5 Å². The molecule has 0 aliphatic heterocycles. The van der Waals surface area contributed by atoms with Crippen molar-refractivity contribution in [3.63, 3.8) is 0 Å². The standard InChI is InChI=1S/C19H11F2N5S/c20-10-4-5-16(15(21)6-10)24-19-14-8-27-7-13(14)11-2-1-3-12(17(11)25-19)18-22-9-23-26-18/h1-9H,(H,24,25)(H,22,23,26). The van der Waals surface area contributed by atoms with E-state index in [4.69, 9.17) is 4.98 Å². The summed E-state index contributed by atoms with van der Waals surface area (Å²) in [6, 6.07) is 9.23. The lowest BCUT2D eigenvalue weighted by atomic mass is 10.1. The fraction of sp³-hybridized carbons (Fsp3) is 0. The molecule has 0 amide bonds. The molecule has 0 bridgehead atoms. The molecule has 5 nitrogen and oxygen atoms in total. The third kappa shape index (κ3) is 2.61. The smallest absolute Gasteiger partial charge is 0.163 e. The van der Waals surface area contributed by atoms with Crippen LogP contribution in [0.3, 0.4) is 0 Å². The van der Waals surface area contributed by atoms with Crippen molar-refractivity contribution in [2.75, 3.05) is 5.32 Å². The Morgan fingerprint density at radius 3 is 2.70 bits per heavy atom. The van der Waals surface area contributed by atoms with E-state index < -0.39 is 11.6 Å². The fourth-order valence-electron chi connectivity index (χ4n) is 3.08. The number of aromatic amines is 1. The number of hydrogen-bond acceptors (Lipinski definition) is 5. The van der Waals surface area contributed by atoms with Crippen molar-refractivity contribution < 1.29 is 8.78 Å². The van der Waals surface area contributed by atoms with Gasteiger partial charge in [0.1, 0.15) is 23.8 Å². The van der Waals surface area contributed by atoms with Gasteiger partial charge in [-0.25, -0.2) is 13.8 Å². The molecule has 0 aliphatic carbocycles. The van der Waals surface area contributed by atoms with Crippen LogP contribution in [0.4, 0.5) is 20.3 Å². The van der Waals surface area contributed by atoms with Crippen LogP contribution >= 0.6 is 11.3 Å². The minimum atomic E-state index is -0.677. The Balaban J connectivity index is 1.76. The third-order valence-corrected chi connectivity index (χ3v) is 5.07. The second-order valence-electron chi connectivity index (χ2n) is 5.95. The molecular weight excluding hydrogens is 368 g/mol. The van der Waals surface area contributed by atoms with E-state index in [0.717, 1.165) is 27.8 Å². The molecule has 2 N–H and O–H groups in total. The molecule has 3 heterocycles. The lowest BCUT2D eigenvalue weighted by molar-refractivity contribution is 0.586. The van der Waals surface area contributed by atoms with Gasteiger partial charge in [-0.1, -0.05) is 12.1 Å². The van der Waals surface area contributed by atoms with Crippen molar-refractivity contribution in [2.24, 2.45) is 0 Å². The molecule has 132 valence electrons. The van der Waals surface area contributed by atoms with Crippen molar-refractivity contribution in [3.05, 3.63) is 65.1 Å². The normalized spacial score (nSPS) is 11.3. The molecule has 0 radical (unpaired) electrons. The number of anilines is 2. The summed E-state index contributed by atoms with van der Waals surface area (Å²) >= 11 is 1.53. The zero-order valence-electron chi connectivity index (χ0n) is 13.7. The second kappa shape index (κ2) is 6.10. The van der Waals surface area contributed by atoms with Gasteiger partial charge in [-0.2, -0.15) is 11.3 Å². The van der Waals surface area contributed by atoms with Crippen LogP contribution in [0.15, 0.2) is 53.5 Å². The van der Waals surface area contributed by atoms with Crippen LogP contribution in [0.1, 0.15) is 0 Å². The summed E-state index contributed by atoms with van der Waals surface area (Å²) in [4.78, 5) is 7.73. The molecule has 2 aromatic carbocycles. The number of nitrogens with zero attached hydrogens (tertiary/aromatic N) is 3. The summed E-state index contributed by atoms with van der Waals surface area (Å²) in [5.41, 5.74) is 1.67. The van der Waals surface area contributed by atoms with Crippen LogP contribution in [0, 0.1) is 11.6 Å². The lowest BCUT2D eigenvalue weighted by Gasteiger charge is -2.12.